The lowest BCUT2D eigenvalue weighted by atomic mass is 10.2. The number of rotatable bonds is 6. The highest BCUT2D eigenvalue weighted by Crippen LogP contribution is 2.37. The maximum Gasteiger partial charge on any atom is 0.354 e. The quantitative estimate of drug-likeness (QED) is 0.462. The number of hydrogen-bond donors (Lipinski definition) is 1. The summed E-state index contributed by atoms with van der Waals surface area (Å²) in [5, 5.41) is 15.3. The monoisotopic (exact) mass is 383 g/mol. The Morgan fingerprint density at radius 2 is 1.96 bits per heavy atom. The molecule has 0 aliphatic carbocycles. The van der Waals surface area contributed by atoms with Gasteiger partial charge < -0.3 is 10.2 Å². The van der Waals surface area contributed by atoms with Crippen LogP contribution in [0.25, 0.3) is 0 Å². The molecule has 0 amide bonds. The summed E-state index contributed by atoms with van der Waals surface area (Å²) in [5.74, 6) is 0.339. The topological polar surface area (TPSA) is 84.2 Å². The zero-order valence-corrected chi connectivity index (χ0v) is 15.6. The Hall–Kier alpha value is -3.19. The van der Waals surface area contributed by atoms with Gasteiger partial charge in [-0.1, -0.05) is 29.8 Å². The van der Waals surface area contributed by atoms with Crippen molar-refractivity contribution in [2.45, 2.75) is 13.8 Å². The second-order valence-corrected chi connectivity index (χ2v) is 6.31. The van der Waals surface area contributed by atoms with Crippen LogP contribution in [0, 0.1) is 17.0 Å². The lowest BCUT2D eigenvalue weighted by Gasteiger charge is -2.22. The normalized spacial score (nSPS) is 10.5. The Balaban J connectivity index is 2.09. The summed E-state index contributed by atoms with van der Waals surface area (Å²) in [6.07, 6.45) is 1.31. The summed E-state index contributed by atoms with van der Waals surface area (Å²) in [6, 6.07) is 14.6. The molecular formula is C19H18ClN5O2. The summed E-state index contributed by atoms with van der Waals surface area (Å²) in [5.41, 5.74) is 2.29. The molecule has 2 aromatic carbocycles. The van der Waals surface area contributed by atoms with Gasteiger partial charge in [-0.25, -0.2) is 9.97 Å². The van der Waals surface area contributed by atoms with Gasteiger partial charge in [-0.05, 0) is 49.7 Å². The number of hydrogen-bond acceptors (Lipinski definition) is 6. The molecule has 0 aliphatic heterocycles. The SMILES string of the molecule is CCN(c1cccc(C)c1)c1ncnc(Nc2cccc(Cl)c2)c1[N+](=O)[O-]. The van der Waals surface area contributed by atoms with Crippen molar-refractivity contribution >= 4 is 40.3 Å². The van der Waals surface area contributed by atoms with Crippen molar-refractivity contribution in [1.82, 2.24) is 9.97 Å². The van der Waals surface area contributed by atoms with E-state index in [0.29, 0.717) is 17.3 Å². The lowest BCUT2D eigenvalue weighted by Crippen LogP contribution is -2.19. The second-order valence-electron chi connectivity index (χ2n) is 5.87. The molecule has 0 saturated heterocycles. The van der Waals surface area contributed by atoms with Crippen molar-refractivity contribution < 1.29 is 4.92 Å². The predicted octanol–water partition coefficient (Wildman–Crippen LogP) is 5.25. The first-order valence-electron chi connectivity index (χ1n) is 8.35. The number of aromatic nitrogens is 2. The molecule has 8 heteroatoms. The van der Waals surface area contributed by atoms with Gasteiger partial charge in [-0.15, -0.1) is 0 Å². The zero-order valence-electron chi connectivity index (χ0n) is 14.9. The van der Waals surface area contributed by atoms with Crippen molar-refractivity contribution in [2.24, 2.45) is 0 Å². The standard InChI is InChI=1S/C19H18ClN5O2/c1-3-24(16-9-4-6-13(2)10-16)19-17(25(26)27)18(21-12-22-19)23-15-8-5-7-14(20)11-15/h4-12H,3H2,1-2H3,(H,21,22,23). The highest BCUT2D eigenvalue weighted by molar-refractivity contribution is 6.30. The van der Waals surface area contributed by atoms with Gasteiger partial charge in [-0.3, -0.25) is 10.1 Å². The Labute approximate surface area is 161 Å². The van der Waals surface area contributed by atoms with Crippen molar-refractivity contribution in [1.29, 1.82) is 0 Å². The molecule has 0 unspecified atom stereocenters. The van der Waals surface area contributed by atoms with Crippen LogP contribution < -0.4 is 10.2 Å². The number of nitro groups is 1. The van der Waals surface area contributed by atoms with Gasteiger partial charge in [-0.2, -0.15) is 0 Å². The largest absolute Gasteiger partial charge is 0.354 e. The van der Waals surface area contributed by atoms with Gasteiger partial charge in [0.2, 0.25) is 11.6 Å². The van der Waals surface area contributed by atoms with Gasteiger partial charge in [0.1, 0.15) is 6.33 Å². The fraction of sp³-hybridized carbons (Fsp3) is 0.158. The fourth-order valence-corrected chi connectivity index (χ4v) is 2.97. The molecule has 3 rings (SSSR count). The Bertz CT molecular complexity index is 980. The number of halogens is 1. The summed E-state index contributed by atoms with van der Waals surface area (Å²) in [7, 11) is 0. The second kappa shape index (κ2) is 8.01. The van der Waals surface area contributed by atoms with Crippen LogP contribution >= 0.6 is 11.6 Å². The lowest BCUT2D eigenvalue weighted by molar-refractivity contribution is -0.383. The first-order valence-corrected chi connectivity index (χ1v) is 8.73. The molecule has 0 fully saturated rings. The highest BCUT2D eigenvalue weighted by atomic mass is 35.5. The van der Waals surface area contributed by atoms with Crippen LogP contribution in [-0.4, -0.2) is 21.4 Å². The minimum absolute atomic E-state index is 0.110. The van der Waals surface area contributed by atoms with Crippen molar-refractivity contribution in [2.75, 3.05) is 16.8 Å². The molecule has 0 radical (unpaired) electrons. The molecule has 0 aliphatic rings. The number of nitrogens with zero attached hydrogens (tertiary/aromatic N) is 4. The van der Waals surface area contributed by atoms with E-state index in [9.17, 15) is 10.1 Å². The first kappa shape index (κ1) is 18.6. The van der Waals surface area contributed by atoms with Gasteiger partial charge in [0, 0.05) is 22.9 Å². The van der Waals surface area contributed by atoms with Crippen molar-refractivity contribution in [3.8, 4) is 0 Å². The molecule has 1 aromatic heterocycles. The van der Waals surface area contributed by atoms with E-state index >= 15 is 0 Å². The van der Waals surface area contributed by atoms with E-state index in [1.165, 1.54) is 6.33 Å². The summed E-state index contributed by atoms with van der Waals surface area (Å²) >= 11 is 6.00. The van der Waals surface area contributed by atoms with Crippen LogP contribution in [0.5, 0.6) is 0 Å². The molecule has 0 spiro atoms. The molecule has 1 heterocycles. The van der Waals surface area contributed by atoms with Crippen LogP contribution in [-0.2, 0) is 0 Å². The molecule has 7 nitrogen and oxygen atoms in total. The van der Waals surface area contributed by atoms with Crippen LogP contribution in [0.4, 0.5) is 28.7 Å². The average Bonchev–Trinajstić information content (AvgIpc) is 2.62. The van der Waals surface area contributed by atoms with E-state index in [1.807, 2.05) is 38.1 Å². The number of aryl methyl sites for hydroxylation is 1. The first-order chi connectivity index (χ1) is 13.0. The number of anilines is 4. The van der Waals surface area contributed by atoms with E-state index in [0.717, 1.165) is 11.3 Å². The Morgan fingerprint density at radius 1 is 1.19 bits per heavy atom. The summed E-state index contributed by atoms with van der Waals surface area (Å²) in [4.78, 5) is 21.5. The minimum atomic E-state index is -0.472. The molecule has 1 N–H and O–H groups in total. The van der Waals surface area contributed by atoms with Gasteiger partial charge in [0.05, 0.1) is 4.92 Å². The van der Waals surface area contributed by atoms with E-state index in [2.05, 4.69) is 15.3 Å². The predicted molar refractivity (Wildman–Crippen MR) is 107 cm³/mol. The smallest absolute Gasteiger partial charge is 0.334 e. The van der Waals surface area contributed by atoms with E-state index in [1.54, 1.807) is 29.2 Å². The highest BCUT2D eigenvalue weighted by Gasteiger charge is 2.27. The van der Waals surface area contributed by atoms with E-state index in [-0.39, 0.29) is 17.3 Å². The van der Waals surface area contributed by atoms with Crippen LogP contribution in [0.3, 0.4) is 0 Å². The van der Waals surface area contributed by atoms with Crippen molar-refractivity contribution in [3.63, 3.8) is 0 Å². The summed E-state index contributed by atoms with van der Waals surface area (Å²) in [6.45, 7) is 4.40. The van der Waals surface area contributed by atoms with E-state index in [4.69, 9.17) is 11.6 Å². The molecule has 27 heavy (non-hydrogen) atoms. The van der Waals surface area contributed by atoms with Gasteiger partial charge in [0.25, 0.3) is 0 Å². The molecular weight excluding hydrogens is 366 g/mol. The van der Waals surface area contributed by atoms with Gasteiger partial charge in [0.15, 0.2) is 0 Å². The Kier molecular flexibility index (Phi) is 5.52. The van der Waals surface area contributed by atoms with E-state index < -0.39 is 4.92 Å². The minimum Gasteiger partial charge on any atom is -0.334 e. The van der Waals surface area contributed by atoms with Gasteiger partial charge >= 0.3 is 5.69 Å². The van der Waals surface area contributed by atoms with Crippen LogP contribution in [0.2, 0.25) is 5.02 Å². The maximum atomic E-state index is 11.9. The van der Waals surface area contributed by atoms with Crippen molar-refractivity contribution in [3.05, 3.63) is 75.6 Å². The molecule has 0 bridgehead atoms. The third-order valence-corrected chi connectivity index (χ3v) is 4.19. The molecule has 0 saturated carbocycles. The fourth-order valence-electron chi connectivity index (χ4n) is 2.78. The maximum absolute atomic E-state index is 11.9. The summed E-state index contributed by atoms with van der Waals surface area (Å²) < 4.78 is 0. The zero-order chi connectivity index (χ0) is 19.4. The average molecular weight is 384 g/mol. The molecule has 138 valence electrons. The van der Waals surface area contributed by atoms with Crippen LogP contribution in [0.15, 0.2) is 54.9 Å². The third kappa shape index (κ3) is 4.15. The number of nitrogens with one attached hydrogen (secondary N) is 1. The Morgan fingerprint density at radius 3 is 2.63 bits per heavy atom. The number of benzene rings is 2. The molecule has 3 aromatic rings. The molecule has 0 atom stereocenters. The third-order valence-electron chi connectivity index (χ3n) is 3.96. The van der Waals surface area contributed by atoms with Crippen LogP contribution in [0.1, 0.15) is 12.5 Å².